The molecule has 3 aromatic heterocycles. The number of hydrogen-bond acceptors (Lipinski definition) is 4. The topological polar surface area (TPSA) is 46.0 Å². The van der Waals surface area contributed by atoms with Gasteiger partial charge in [0.05, 0.1) is 15.7 Å². The highest BCUT2D eigenvalue weighted by Gasteiger charge is 2.12. The molecule has 0 bridgehead atoms. The second-order valence-electron chi connectivity index (χ2n) is 4.93. The highest BCUT2D eigenvalue weighted by atomic mass is 32.1. The molecule has 3 nitrogen and oxygen atoms in total. The molecule has 3 heterocycles. The zero-order valence-electron chi connectivity index (χ0n) is 11.1. The van der Waals surface area contributed by atoms with Crippen LogP contribution in [0.1, 0.15) is 17.2 Å². The van der Waals surface area contributed by atoms with E-state index in [2.05, 4.69) is 9.97 Å². The SMILES string of the molecule is OC(c1ccc2cccnc2c1)c1cnc2ccsc2c1. The molecule has 0 fully saturated rings. The van der Waals surface area contributed by atoms with Crippen molar-refractivity contribution in [2.45, 2.75) is 6.10 Å². The first-order valence-electron chi connectivity index (χ1n) is 6.67. The van der Waals surface area contributed by atoms with Crippen LogP contribution in [0.2, 0.25) is 0 Å². The average Bonchev–Trinajstić information content (AvgIpc) is 3.01. The Morgan fingerprint density at radius 1 is 0.952 bits per heavy atom. The molecule has 1 unspecified atom stereocenters. The average molecular weight is 292 g/mol. The number of pyridine rings is 2. The van der Waals surface area contributed by atoms with Crippen molar-refractivity contribution >= 4 is 32.5 Å². The maximum Gasteiger partial charge on any atom is 0.106 e. The first kappa shape index (κ1) is 12.4. The van der Waals surface area contributed by atoms with Gasteiger partial charge in [-0.3, -0.25) is 9.97 Å². The molecule has 0 saturated carbocycles. The predicted molar refractivity (Wildman–Crippen MR) is 85.4 cm³/mol. The van der Waals surface area contributed by atoms with E-state index in [1.165, 1.54) is 0 Å². The smallest absolute Gasteiger partial charge is 0.106 e. The molecule has 21 heavy (non-hydrogen) atoms. The van der Waals surface area contributed by atoms with E-state index in [1.54, 1.807) is 23.7 Å². The van der Waals surface area contributed by atoms with Crippen LogP contribution >= 0.6 is 11.3 Å². The van der Waals surface area contributed by atoms with Crippen molar-refractivity contribution in [2.75, 3.05) is 0 Å². The van der Waals surface area contributed by atoms with Crippen molar-refractivity contribution < 1.29 is 5.11 Å². The Balaban J connectivity index is 1.79. The summed E-state index contributed by atoms with van der Waals surface area (Å²) in [6.45, 7) is 0. The van der Waals surface area contributed by atoms with Crippen molar-refractivity contribution in [1.82, 2.24) is 9.97 Å². The highest BCUT2D eigenvalue weighted by molar-refractivity contribution is 7.17. The molecule has 1 atom stereocenters. The minimum atomic E-state index is -0.685. The van der Waals surface area contributed by atoms with Gasteiger partial charge in [-0.1, -0.05) is 18.2 Å². The van der Waals surface area contributed by atoms with Gasteiger partial charge < -0.3 is 5.11 Å². The standard InChI is InChI=1S/C17H12N2OS/c20-17(13-9-16-14(19-10-13)5-7-21-16)12-4-3-11-2-1-6-18-15(11)8-12/h1-10,17,20H. The number of fused-ring (bicyclic) bond motifs is 2. The van der Waals surface area contributed by atoms with E-state index in [0.29, 0.717) is 0 Å². The summed E-state index contributed by atoms with van der Waals surface area (Å²) in [4.78, 5) is 8.72. The van der Waals surface area contributed by atoms with Crippen molar-refractivity contribution in [2.24, 2.45) is 0 Å². The van der Waals surface area contributed by atoms with E-state index in [-0.39, 0.29) is 0 Å². The van der Waals surface area contributed by atoms with Crippen LogP contribution in [0.15, 0.2) is 60.2 Å². The Kier molecular flexibility index (Phi) is 2.91. The number of aliphatic hydroxyl groups excluding tert-OH is 1. The third-order valence-corrected chi connectivity index (χ3v) is 4.44. The van der Waals surface area contributed by atoms with Crippen molar-refractivity contribution in [1.29, 1.82) is 0 Å². The van der Waals surface area contributed by atoms with Gasteiger partial charge in [0, 0.05) is 23.3 Å². The van der Waals surface area contributed by atoms with Crippen LogP contribution in [-0.2, 0) is 0 Å². The third-order valence-electron chi connectivity index (χ3n) is 3.59. The molecule has 0 saturated heterocycles. The first-order chi connectivity index (χ1) is 10.3. The van der Waals surface area contributed by atoms with Crippen LogP contribution in [0.25, 0.3) is 21.1 Å². The maximum atomic E-state index is 10.6. The van der Waals surface area contributed by atoms with E-state index >= 15 is 0 Å². The number of rotatable bonds is 2. The van der Waals surface area contributed by atoms with Crippen molar-refractivity contribution in [3.05, 3.63) is 71.4 Å². The maximum absolute atomic E-state index is 10.6. The fourth-order valence-electron chi connectivity index (χ4n) is 2.46. The van der Waals surface area contributed by atoms with Crippen LogP contribution in [0.5, 0.6) is 0 Å². The molecule has 102 valence electrons. The summed E-state index contributed by atoms with van der Waals surface area (Å²) in [5, 5.41) is 13.7. The van der Waals surface area contributed by atoms with E-state index in [1.807, 2.05) is 47.8 Å². The molecule has 0 aliphatic rings. The van der Waals surface area contributed by atoms with Crippen LogP contribution < -0.4 is 0 Å². The summed E-state index contributed by atoms with van der Waals surface area (Å²) in [7, 11) is 0. The number of aromatic nitrogens is 2. The molecule has 4 aromatic rings. The number of thiophene rings is 1. The summed E-state index contributed by atoms with van der Waals surface area (Å²) in [6, 6.07) is 13.8. The largest absolute Gasteiger partial charge is 0.384 e. The molecule has 4 rings (SSSR count). The fraction of sp³-hybridized carbons (Fsp3) is 0.0588. The summed E-state index contributed by atoms with van der Waals surface area (Å²) in [5.74, 6) is 0. The number of aliphatic hydroxyl groups is 1. The van der Waals surface area contributed by atoms with Gasteiger partial charge in [0.1, 0.15) is 6.10 Å². The zero-order valence-corrected chi connectivity index (χ0v) is 11.9. The molecule has 0 aliphatic heterocycles. The van der Waals surface area contributed by atoms with Gasteiger partial charge in [-0.2, -0.15) is 0 Å². The van der Waals surface area contributed by atoms with E-state index in [4.69, 9.17) is 0 Å². The Bertz CT molecular complexity index is 932. The lowest BCUT2D eigenvalue weighted by Gasteiger charge is -2.12. The summed E-state index contributed by atoms with van der Waals surface area (Å²) < 4.78 is 1.09. The van der Waals surface area contributed by atoms with Gasteiger partial charge in [-0.25, -0.2) is 0 Å². The van der Waals surface area contributed by atoms with Gasteiger partial charge in [-0.05, 0) is 35.2 Å². The normalized spacial score (nSPS) is 12.8. The molecule has 4 heteroatoms. The lowest BCUT2D eigenvalue weighted by atomic mass is 10.0. The van der Waals surface area contributed by atoms with Crippen LogP contribution in [0.4, 0.5) is 0 Å². The molecule has 0 amide bonds. The minimum absolute atomic E-state index is 0.685. The second kappa shape index (κ2) is 4.91. The van der Waals surface area contributed by atoms with Gasteiger partial charge >= 0.3 is 0 Å². The van der Waals surface area contributed by atoms with E-state index in [9.17, 15) is 5.11 Å². The number of nitrogens with zero attached hydrogens (tertiary/aromatic N) is 2. The quantitative estimate of drug-likeness (QED) is 0.609. The lowest BCUT2D eigenvalue weighted by Crippen LogP contribution is -2.00. The molecule has 1 aromatic carbocycles. The minimum Gasteiger partial charge on any atom is -0.384 e. The molecule has 0 aliphatic carbocycles. The van der Waals surface area contributed by atoms with E-state index in [0.717, 1.165) is 32.2 Å². The van der Waals surface area contributed by atoms with Gasteiger partial charge in [0.15, 0.2) is 0 Å². The highest BCUT2D eigenvalue weighted by Crippen LogP contribution is 2.27. The molecular weight excluding hydrogens is 280 g/mol. The molecule has 1 N–H and O–H groups in total. The first-order valence-corrected chi connectivity index (χ1v) is 7.55. The lowest BCUT2D eigenvalue weighted by molar-refractivity contribution is 0.220. The summed E-state index contributed by atoms with van der Waals surface area (Å²) in [6.07, 6.45) is 2.82. The second-order valence-corrected chi connectivity index (χ2v) is 5.88. The van der Waals surface area contributed by atoms with E-state index < -0.39 is 6.10 Å². The Morgan fingerprint density at radius 3 is 2.86 bits per heavy atom. The van der Waals surface area contributed by atoms with Gasteiger partial charge in [0.2, 0.25) is 0 Å². The van der Waals surface area contributed by atoms with Crippen LogP contribution in [0.3, 0.4) is 0 Å². The van der Waals surface area contributed by atoms with Gasteiger partial charge in [0.25, 0.3) is 0 Å². The molecular formula is C17H12N2OS. The van der Waals surface area contributed by atoms with Crippen LogP contribution in [0, 0.1) is 0 Å². The number of hydrogen-bond donors (Lipinski definition) is 1. The van der Waals surface area contributed by atoms with Crippen LogP contribution in [-0.4, -0.2) is 15.1 Å². The third kappa shape index (κ3) is 2.18. The monoisotopic (exact) mass is 292 g/mol. The molecule has 0 spiro atoms. The summed E-state index contributed by atoms with van der Waals surface area (Å²) in [5.41, 5.74) is 3.49. The Hall–Kier alpha value is -2.30. The van der Waals surface area contributed by atoms with Gasteiger partial charge in [-0.15, -0.1) is 11.3 Å². The fourth-order valence-corrected chi connectivity index (χ4v) is 3.25. The number of benzene rings is 1. The molecule has 0 radical (unpaired) electrons. The van der Waals surface area contributed by atoms with Crippen molar-refractivity contribution in [3.8, 4) is 0 Å². The summed E-state index contributed by atoms with van der Waals surface area (Å²) >= 11 is 1.63. The predicted octanol–water partition coefficient (Wildman–Crippen LogP) is 3.93. The Morgan fingerprint density at radius 2 is 1.90 bits per heavy atom. The van der Waals surface area contributed by atoms with Crippen molar-refractivity contribution in [3.63, 3.8) is 0 Å². The zero-order chi connectivity index (χ0) is 14.2. The Labute approximate surface area is 125 Å².